The first-order valence-corrected chi connectivity index (χ1v) is 11.9. The summed E-state index contributed by atoms with van der Waals surface area (Å²) in [5.74, 6) is -0.813. The van der Waals surface area contributed by atoms with Crippen molar-refractivity contribution in [2.24, 2.45) is 5.10 Å². The number of amides is 1. The van der Waals surface area contributed by atoms with Gasteiger partial charge in [-0.15, -0.1) is 10.2 Å². The van der Waals surface area contributed by atoms with Crippen molar-refractivity contribution in [2.75, 3.05) is 5.75 Å². The molecule has 38 heavy (non-hydrogen) atoms. The number of alkyl halides is 4. The molecule has 1 heterocycles. The third-order valence-corrected chi connectivity index (χ3v) is 5.76. The molecule has 1 amide bonds. The lowest BCUT2D eigenvalue weighted by molar-refractivity contribution is -0.118. The van der Waals surface area contributed by atoms with E-state index in [1.54, 1.807) is 0 Å². The van der Waals surface area contributed by atoms with Gasteiger partial charge in [0.15, 0.2) is 11.0 Å². The minimum atomic E-state index is -3.21. The van der Waals surface area contributed by atoms with E-state index in [2.05, 4.69) is 30.2 Å². The summed E-state index contributed by atoms with van der Waals surface area (Å²) in [6.45, 7) is -6.35. The smallest absolute Gasteiger partial charge is 0.387 e. The molecule has 0 bridgehead atoms. The van der Waals surface area contributed by atoms with Crippen molar-refractivity contribution in [1.82, 2.24) is 20.2 Å². The van der Waals surface area contributed by atoms with Crippen LogP contribution in [-0.2, 0) is 4.79 Å². The van der Waals surface area contributed by atoms with Crippen molar-refractivity contribution in [3.63, 3.8) is 0 Å². The second-order valence-corrected chi connectivity index (χ2v) is 8.32. The topological polar surface area (TPSA) is 90.6 Å². The van der Waals surface area contributed by atoms with Crippen molar-refractivity contribution in [3.8, 4) is 28.6 Å². The number of carbonyl (C=O) groups is 1. The highest BCUT2D eigenvalue weighted by Crippen LogP contribution is 2.28. The van der Waals surface area contributed by atoms with Gasteiger partial charge in [-0.2, -0.15) is 22.7 Å². The van der Waals surface area contributed by atoms with Gasteiger partial charge in [0.1, 0.15) is 11.5 Å². The van der Waals surface area contributed by atoms with Crippen molar-refractivity contribution in [2.45, 2.75) is 18.4 Å². The molecular formula is C25H19F4N5O3S. The van der Waals surface area contributed by atoms with E-state index < -0.39 is 24.9 Å². The van der Waals surface area contributed by atoms with Crippen LogP contribution < -0.4 is 14.9 Å². The standard InChI is InChI=1S/C25H19F4N5O3S/c26-23(27)36-19-12-11-17(20(13-19)37-24(28)29)14-30-31-21(35)15-38-25-33-32-22(16-7-3-1-4-8-16)34(25)18-9-5-2-6-10-18/h1-14,23-24H,15H2,(H,31,35)/b30-14+. The van der Waals surface area contributed by atoms with Crippen molar-refractivity contribution >= 4 is 23.9 Å². The van der Waals surface area contributed by atoms with E-state index in [1.165, 1.54) is 6.07 Å². The number of thioether (sulfide) groups is 1. The Morgan fingerprint density at radius 1 is 0.947 bits per heavy atom. The molecule has 0 atom stereocenters. The summed E-state index contributed by atoms with van der Waals surface area (Å²) in [6, 6.07) is 22.1. The maximum absolute atomic E-state index is 12.7. The van der Waals surface area contributed by atoms with Crippen LogP contribution in [-0.4, -0.2) is 45.9 Å². The fourth-order valence-corrected chi connectivity index (χ4v) is 4.02. The Bertz CT molecular complexity index is 1390. The van der Waals surface area contributed by atoms with Gasteiger partial charge in [0.05, 0.1) is 12.0 Å². The number of rotatable bonds is 11. The van der Waals surface area contributed by atoms with Gasteiger partial charge in [0.2, 0.25) is 0 Å². The van der Waals surface area contributed by atoms with Crippen molar-refractivity contribution < 1.29 is 31.8 Å². The average molecular weight is 546 g/mol. The van der Waals surface area contributed by atoms with Gasteiger partial charge in [-0.3, -0.25) is 9.36 Å². The zero-order valence-electron chi connectivity index (χ0n) is 19.4. The monoisotopic (exact) mass is 545 g/mol. The Balaban J connectivity index is 1.45. The largest absolute Gasteiger partial charge is 0.435 e. The molecule has 3 aromatic carbocycles. The van der Waals surface area contributed by atoms with Crippen LogP contribution >= 0.6 is 11.8 Å². The summed E-state index contributed by atoms with van der Waals surface area (Å²) < 4.78 is 60.6. The molecule has 1 N–H and O–H groups in total. The Labute approximate surface area is 218 Å². The summed E-state index contributed by atoms with van der Waals surface area (Å²) in [6.07, 6.45) is 1.05. The minimum Gasteiger partial charge on any atom is -0.435 e. The summed E-state index contributed by atoms with van der Waals surface area (Å²) >= 11 is 1.12. The number of nitrogens with one attached hydrogen (secondary N) is 1. The van der Waals surface area contributed by atoms with Crippen LogP contribution in [0.25, 0.3) is 17.1 Å². The number of nitrogens with zero attached hydrogens (tertiary/aromatic N) is 4. The maximum atomic E-state index is 12.7. The maximum Gasteiger partial charge on any atom is 0.387 e. The molecule has 13 heteroatoms. The molecule has 0 aliphatic carbocycles. The van der Waals surface area contributed by atoms with Gasteiger partial charge < -0.3 is 9.47 Å². The third-order valence-electron chi connectivity index (χ3n) is 4.83. The van der Waals surface area contributed by atoms with E-state index in [0.29, 0.717) is 11.0 Å². The van der Waals surface area contributed by atoms with E-state index in [0.717, 1.165) is 41.4 Å². The molecule has 0 saturated carbocycles. The molecule has 196 valence electrons. The number of benzene rings is 3. The number of halogens is 4. The second-order valence-electron chi connectivity index (χ2n) is 7.38. The van der Waals surface area contributed by atoms with Crippen LogP contribution in [0.15, 0.2) is 89.1 Å². The second kappa shape index (κ2) is 12.7. The van der Waals surface area contributed by atoms with E-state index in [-0.39, 0.29) is 17.1 Å². The number of hydrogen-bond acceptors (Lipinski definition) is 7. The number of hydrogen-bond donors (Lipinski definition) is 1. The first-order valence-electron chi connectivity index (χ1n) is 11.0. The summed E-state index contributed by atoms with van der Waals surface area (Å²) in [4.78, 5) is 12.4. The van der Waals surface area contributed by atoms with Gasteiger partial charge in [0.25, 0.3) is 5.91 Å². The molecule has 4 rings (SSSR count). The lowest BCUT2D eigenvalue weighted by Gasteiger charge is -2.11. The van der Waals surface area contributed by atoms with Gasteiger partial charge in [0, 0.05) is 22.9 Å². The minimum absolute atomic E-state index is 0.0104. The Kier molecular flexibility index (Phi) is 8.93. The van der Waals surface area contributed by atoms with Crippen LogP contribution in [0.3, 0.4) is 0 Å². The summed E-state index contributed by atoms with van der Waals surface area (Å²) in [5.41, 5.74) is 3.95. The van der Waals surface area contributed by atoms with E-state index in [4.69, 9.17) is 0 Å². The predicted octanol–water partition coefficient (Wildman–Crippen LogP) is 5.38. The Morgan fingerprint density at radius 2 is 1.63 bits per heavy atom. The fourth-order valence-electron chi connectivity index (χ4n) is 3.28. The Morgan fingerprint density at radius 3 is 2.32 bits per heavy atom. The molecule has 0 radical (unpaired) electrons. The molecular weight excluding hydrogens is 526 g/mol. The van der Waals surface area contributed by atoms with Crippen molar-refractivity contribution in [1.29, 1.82) is 0 Å². The summed E-state index contributed by atoms with van der Waals surface area (Å²) in [5, 5.41) is 12.8. The van der Waals surface area contributed by atoms with Crippen LogP contribution in [0.4, 0.5) is 17.6 Å². The lowest BCUT2D eigenvalue weighted by atomic mass is 10.2. The number of hydrazone groups is 1. The zero-order valence-corrected chi connectivity index (χ0v) is 20.2. The van der Waals surface area contributed by atoms with Crippen LogP contribution in [0.1, 0.15) is 5.56 Å². The molecule has 0 spiro atoms. The number of carbonyl (C=O) groups excluding carboxylic acids is 1. The molecule has 8 nitrogen and oxygen atoms in total. The fraction of sp³-hybridized carbons (Fsp3) is 0.120. The first-order chi connectivity index (χ1) is 18.4. The first kappa shape index (κ1) is 26.7. The number of ether oxygens (including phenoxy) is 2. The number of aromatic nitrogens is 3. The zero-order chi connectivity index (χ0) is 26.9. The van der Waals surface area contributed by atoms with Gasteiger partial charge in [-0.25, -0.2) is 5.43 Å². The molecule has 0 fully saturated rings. The van der Waals surface area contributed by atoms with E-state index in [1.807, 2.05) is 65.2 Å². The van der Waals surface area contributed by atoms with E-state index in [9.17, 15) is 22.4 Å². The van der Waals surface area contributed by atoms with Gasteiger partial charge in [-0.1, -0.05) is 60.3 Å². The third kappa shape index (κ3) is 7.09. The number of para-hydroxylation sites is 1. The molecule has 4 aromatic rings. The van der Waals surface area contributed by atoms with Crippen LogP contribution in [0, 0.1) is 0 Å². The van der Waals surface area contributed by atoms with Crippen LogP contribution in [0.2, 0.25) is 0 Å². The summed E-state index contributed by atoms with van der Waals surface area (Å²) in [7, 11) is 0. The molecule has 0 aliphatic rings. The van der Waals surface area contributed by atoms with Crippen molar-refractivity contribution in [3.05, 3.63) is 84.4 Å². The molecule has 0 aliphatic heterocycles. The molecule has 0 unspecified atom stereocenters. The highest BCUT2D eigenvalue weighted by Gasteiger charge is 2.17. The normalized spacial score (nSPS) is 11.3. The quantitative estimate of drug-likeness (QED) is 0.118. The lowest BCUT2D eigenvalue weighted by Crippen LogP contribution is -2.20. The van der Waals surface area contributed by atoms with Crippen LogP contribution in [0.5, 0.6) is 11.5 Å². The molecule has 1 aromatic heterocycles. The average Bonchev–Trinajstić information content (AvgIpc) is 3.33. The SMILES string of the molecule is O=C(CSc1nnc(-c2ccccc2)n1-c1ccccc1)N/N=C/c1ccc(OC(F)F)cc1OC(F)F. The highest BCUT2D eigenvalue weighted by molar-refractivity contribution is 7.99. The highest BCUT2D eigenvalue weighted by atomic mass is 32.2. The Hall–Kier alpha value is -4.39. The molecule has 0 saturated heterocycles. The predicted molar refractivity (Wildman–Crippen MR) is 133 cm³/mol. The van der Waals surface area contributed by atoms with Gasteiger partial charge in [-0.05, 0) is 24.3 Å². The van der Waals surface area contributed by atoms with E-state index >= 15 is 0 Å². The van der Waals surface area contributed by atoms with Gasteiger partial charge >= 0.3 is 13.2 Å².